The van der Waals surface area contributed by atoms with Gasteiger partial charge in [-0.2, -0.15) is 0 Å². The van der Waals surface area contributed by atoms with Crippen LogP contribution >= 0.6 is 0 Å². The first-order chi connectivity index (χ1) is 16.9. The van der Waals surface area contributed by atoms with Crippen molar-refractivity contribution < 1.29 is 33.3 Å². The zero-order chi connectivity index (χ0) is 25.0. The summed E-state index contributed by atoms with van der Waals surface area (Å²) in [6.07, 6.45) is 3.55. The Bertz CT molecular complexity index is 928. The molecule has 1 saturated carbocycles. The van der Waals surface area contributed by atoms with Gasteiger partial charge >= 0.3 is 12.1 Å². The first kappa shape index (κ1) is 26.5. The van der Waals surface area contributed by atoms with Crippen molar-refractivity contribution in [3.8, 4) is 5.75 Å². The van der Waals surface area contributed by atoms with Crippen LogP contribution in [-0.2, 0) is 27.3 Å². The van der Waals surface area contributed by atoms with E-state index in [-0.39, 0.29) is 18.8 Å². The summed E-state index contributed by atoms with van der Waals surface area (Å²) in [6, 6.07) is 13.1. The Balaban J connectivity index is 1.51. The summed E-state index contributed by atoms with van der Waals surface area (Å²) in [7, 11) is 0. The molecule has 1 amide bonds. The number of benzene rings is 2. The summed E-state index contributed by atoms with van der Waals surface area (Å²) >= 11 is 0. The Morgan fingerprint density at radius 2 is 1.71 bits per heavy atom. The Kier molecular flexibility index (Phi) is 10.3. The van der Waals surface area contributed by atoms with Gasteiger partial charge in [0.2, 0.25) is 0 Å². The van der Waals surface area contributed by atoms with Gasteiger partial charge in [0.25, 0.3) is 0 Å². The molecule has 1 aliphatic rings. The molecule has 8 heteroatoms. The van der Waals surface area contributed by atoms with Crippen molar-refractivity contribution >= 4 is 12.1 Å². The molecule has 0 spiro atoms. The average molecular weight is 488 g/mol. The summed E-state index contributed by atoms with van der Waals surface area (Å²) in [5.74, 6) is -0.220. The van der Waals surface area contributed by atoms with Gasteiger partial charge in [0, 0.05) is 19.6 Å². The number of carboxylic acids is 1. The minimum Gasteiger partial charge on any atom is -0.492 e. The molecule has 35 heavy (non-hydrogen) atoms. The van der Waals surface area contributed by atoms with Gasteiger partial charge in [0.1, 0.15) is 24.8 Å². The van der Waals surface area contributed by atoms with Gasteiger partial charge in [-0.1, -0.05) is 37.1 Å². The molecule has 0 saturated heterocycles. The molecule has 0 aromatic heterocycles. The molecule has 0 bridgehead atoms. The molecule has 0 heterocycles. The molecule has 1 atom stereocenters. The fourth-order valence-corrected chi connectivity index (χ4v) is 4.21. The maximum absolute atomic E-state index is 13.1. The number of rotatable bonds is 13. The third-order valence-corrected chi connectivity index (χ3v) is 6.10. The number of aliphatic carboxylic acids is 1. The molecule has 1 fully saturated rings. The Hall–Kier alpha value is -3.13. The third-order valence-electron chi connectivity index (χ3n) is 6.10. The van der Waals surface area contributed by atoms with Gasteiger partial charge in [0.05, 0.1) is 6.54 Å². The zero-order valence-electron chi connectivity index (χ0n) is 20.2. The fourth-order valence-electron chi connectivity index (χ4n) is 4.21. The minimum absolute atomic E-state index is 0.0850. The number of carboxylic acid groups (broad SMARTS) is 1. The number of carbonyl (C=O) groups excluding carboxylic acids is 1. The van der Waals surface area contributed by atoms with E-state index in [1.807, 2.05) is 12.1 Å². The predicted octanol–water partition coefficient (Wildman–Crippen LogP) is 5.07. The molecular formula is C27H34FNO6. The van der Waals surface area contributed by atoms with Crippen LogP contribution in [0, 0.1) is 11.7 Å². The number of carbonyl (C=O) groups is 2. The lowest BCUT2D eigenvalue weighted by atomic mass is 10.1. The van der Waals surface area contributed by atoms with E-state index < -0.39 is 18.2 Å². The highest BCUT2D eigenvalue weighted by Gasteiger charge is 2.23. The van der Waals surface area contributed by atoms with Crippen LogP contribution in [0.25, 0.3) is 0 Å². The first-order valence-electron chi connectivity index (χ1n) is 12.2. The lowest BCUT2D eigenvalue weighted by molar-refractivity contribution is -0.149. The SMILES string of the molecule is CCOC(Cc1ccc(OCCN(CC2CCCC2)C(=O)OCc2ccc(F)cc2)cc1)C(=O)O. The maximum atomic E-state index is 13.1. The molecule has 3 rings (SSSR count). The molecule has 7 nitrogen and oxygen atoms in total. The van der Waals surface area contributed by atoms with E-state index in [1.165, 1.54) is 25.0 Å². The van der Waals surface area contributed by atoms with Crippen molar-refractivity contribution in [2.75, 3.05) is 26.3 Å². The summed E-state index contributed by atoms with van der Waals surface area (Å²) in [5.41, 5.74) is 1.57. The zero-order valence-corrected chi connectivity index (χ0v) is 20.2. The van der Waals surface area contributed by atoms with Gasteiger partial charge in [-0.25, -0.2) is 14.0 Å². The summed E-state index contributed by atoms with van der Waals surface area (Å²) in [6.45, 7) is 3.49. The number of halogens is 1. The van der Waals surface area contributed by atoms with Crippen molar-refractivity contribution in [3.63, 3.8) is 0 Å². The topological polar surface area (TPSA) is 85.3 Å². The second-order valence-corrected chi connectivity index (χ2v) is 8.76. The predicted molar refractivity (Wildman–Crippen MR) is 129 cm³/mol. The lowest BCUT2D eigenvalue weighted by Gasteiger charge is -2.25. The highest BCUT2D eigenvalue weighted by Crippen LogP contribution is 2.26. The monoisotopic (exact) mass is 487 g/mol. The van der Waals surface area contributed by atoms with E-state index in [1.54, 1.807) is 36.1 Å². The standard InChI is InChI=1S/C27H34FNO6/c1-2-33-25(26(30)31)17-20-9-13-24(14-10-20)34-16-15-29(18-21-5-3-4-6-21)27(32)35-19-22-7-11-23(28)12-8-22/h7-14,21,25H,2-6,15-19H2,1H3,(H,30,31). The van der Waals surface area contributed by atoms with Crippen molar-refractivity contribution in [2.45, 2.75) is 51.7 Å². The normalized spacial score (nSPS) is 14.5. The number of amides is 1. The second kappa shape index (κ2) is 13.7. The fraction of sp³-hybridized carbons (Fsp3) is 0.481. The Labute approximate surface area is 205 Å². The van der Waals surface area contributed by atoms with Crippen molar-refractivity contribution in [2.24, 2.45) is 5.92 Å². The van der Waals surface area contributed by atoms with Gasteiger partial charge in [0.15, 0.2) is 6.10 Å². The highest BCUT2D eigenvalue weighted by molar-refractivity contribution is 5.72. The van der Waals surface area contributed by atoms with Crippen LogP contribution in [0.3, 0.4) is 0 Å². The van der Waals surface area contributed by atoms with E-state index >= 15 is 0 Å². The van der Waals surface area contributed by atoms with Crippen LogP contribution in [0.15, 0.2) is 48.5 Å². The molecule has 1 N–H and O–H groups in total. The van der Waals surface area contributed by atoms with E-state index in [9.17, 15) is 19.1 Å². The van der Waals surface area contributed by atoms with E-state index in [0.29, 0.717) is 38.0 Å². The molecule has 1 aliphatic carbocycles. The number of hydrogen-bond donors (Lipinski definition) is 1. The molecular weight excluding hydrogens is 453 g/mol. The van der Waals surface area contributed by atoms with E-state index in [4.69, 9.17) is 14.2 Å². The van der Waals surface area contributed by atoms with Crippen LogP contribution in [0.1, 0.15) is 43.7 Å². The van der Waals surface area contributed by atoms with Crippen molar-refractivity contribution in [3.05, 3.63) is 65.5 Å². The van der Waals surface area contributed by atoms with Gasteiger partial charge in [-0.3, -0.25) is 0 Å². The van der Waals surface area contributed by atoms with Crippen LogP contribution in [-0.4, -0.2) is 54.5 Å². The smallest absolute Gasteiger partial charge is 0.410 e. The van der Waals surface area contributed by atoms with E-state index in [0.717, 1.165) is 24.0 Å². The Morgan fingerprint density at radius 3 is 2.34 bits per heavy atom. The van der Waals surface area contributed by atoms with Crippen LogP contribution in [0.4, 0.5) is 9.18 Å². The Morgan fingerprint density at radius 1 is 1.06 bits per heavy atom. The van der Waals surface area contributed by atoms with Gasteiger partial charge in [-0.05, 0) is 61.1 Å². The van der Waals surface area contributed by atoms with E-state index in [2.05, 4.69) is 0 Å². The lowest BCUT2D eigenvalue weighted by Crippen LogP contribution is -2.38. The van der Waals surface area contributed by atoms with Gasteiger partial charge in [-0.15, -0.1) is 0 Å². The summed E-state index contributed by atoms with van der Waals surface area (Å²) in [5, 5.41) is 9.24. The average Bonchev–Trinajstić information content (AvgIpc) is 3.37. The van der Waals surface area contributed by atoms with Crippen LogP contribution < -0.4 is 4.74 Å². The van der Waals surface area contributed by atoms with Crippen molar-refractivity contribution in [1.82, 2.24) is 4.90 Å². The molecule has 2 aromatic rings. The largest absolute Gasteiger partial charge is 0.492 e. The molecule has 190 valence electrons. The third kappa shape index (κ3) is 8.87. The maximum Gasteiger partial charge on any atom is 0.410 e. The van der Waals surface area contributed by atoms with Crippen LogP contribution in [0.5, 0.6) is 5.75 Å². The molecule has 2 aromatic carbocycles. The summed E-state index contributed by atoms with van der Waals surface area (Å²) in [4.78, 5) is 25.7. The molecule has 0 radical (unpaired) electrons. The summed E-state index contributed by atoms with van der Waals surface area (Å²) < 4.78 is 29.7. The number of nitrogens with zero attached hydrogens (tertiary/aromatic N) is 1. The first-order valence-corrected chi connectivity index (χ1v) is 12.2. The van der Waals surface area contributed by atoms with Gasteiger partial charge < -0.3 is 24.2 Å². The molecule has 1 unspecified atom stereocenters. The van der Waals surface area contributed by atoms with Crippen LogP contribution in [0.2, 0.25) is 0 Å². The minimum atomic E-state index is -0.985. The second-order valence-electron chi connectivity index (χ2n) is 8.76. The highest BCUT2D eigenvalue weighted by atomic mass is 19.1. The molecule has 0 aliphatic heterocycles. The number of ether oxygens (including phenoxy) is 3. The number of hydrogen-bond acceptors (Lipinski definition) is 5. The van der Waals surface area contributed by atoms with Crippen molar-refractivity contribution in [1.29, 1.82) is 0 Å². The quantitative estimate of drug-likeness (QED) is 0.425.